The first-order valence-corrected chi connectivity index (χ1v) is 9.47. The van der Waals surface area contributed by atoms with Gasteiger partial charge in [0.2, 0.25) is 0 Å². The summed E-state index contributed by atoms with van der Waals surface area (Å²) in [5, 5.41) is 2.72. The van der Waals surface area contributed by atoms with Crippen molar-refractivity contribution in [2.45, 2.75) is 26.4 Å². The molecule has 1 aromatic heterocycles. The molecule has 0 spiro atoms. The average Bonchev–Trinajstić information content (AvgIpc) is 3.16. The highest BCUT2D eigenvalue weighted by molar-refractivity contribution is 6.05. The third-order valence-electron chi connectivity index (χ3n) is 4.32. The number of amides is 1. The van der Waals surface area contributed by atoms with Crippen molar-refractivity contribution in [2.75, 3.05) is 16.2 Å². The van der Waals surface area contributed by atoms with Crippen LogP contribution in [0.15, 0.2) is 54.6 Å². The smallest absolute Gasteiger partial charge is 0.258 e. The number of hydrazine groups is 2. The van der Waals surface area contributed by atoms with Crippen molar-refractivity contribution in [3.8, 4) is 17.0 Å². The molecule has 3 aromatic rings. The highest BCUT2D eigenvalue weighted by atomic mass is 19.1. The molecule has 0 radical (unpaired) electrons. The Morgan fingerprint density at radius 2 is 1.83 bits per heavy atom. The summed E-state index contributed by atoms with van der Waals surface area (Å²) in [4.78, 5) is 17.2. The molecule has 1 aliphatic heterocycles. The number of carbonyl (C=O) groups excluding carboxylic acids is 1. The van der Waals surface area contributed by atoms with Gasteiger partial charge in [0.05, 0.1) is 16.9 Å². The highest BCUT2D eigenvalue weighted by Gasteiger charge is 2.17. The van der Waals surface area contributed by atoms with E-state index in [1.807, 2.05) is 26.8 Å². The van der Waals surface area contributed by atoms with Crippen LogP contribution < -0.4 is 26.4 Å². The molecule has 0 atom stereocenters. The fraction of sp³-hybridized carbons (Fsp3) is 0.182. The maximum Gasteiger partial charge on any atom is 0.258 e. The molecule has 2 aromatic carbocycles. The molecule has 1 aliphatic rings. The van der Waals surface area contributed by atoms with Crippen molar-refractivity contribution in [3.05, 3.63) is 66.0 Å². The van der Waals surface area contributed by atoms with Crippen LogP contribution >= 0.6 is 0 Å². The number of anilines is 3. The number of fused-ring (bicyclic) bond motifs is 1. The Labute approximate surface area is 176 Å². The standard InChI is InChI=1S/C22H22FN5O2.2H2/c1-22(2,3)30-15-7-5-14(6-8-15)24-21(29)16-12-13(4-9-17(16)23)18-10-11-19-20(25-18)27-28-26-19;;/h4-12,26,28H,1-3H3,(H,24,29)(H,25,27);2*1H. The fourth-order valence-corrected chi connectivity index (χ4v) is 2.99. The molecular formula is C22H26FN5O2. The predicted molar refractivity (Wildman–Crippen MR) is 119 cm³/mol. The average molecular weight is 411 g/mol. The molecule has 7 nitrogen and oxygen atoms in total. The first kappa shape index (κ1) is 19.7. The topological polar surface area (TPSA) is 87.3 Å². The van der Waals surface area contributed by atoms with Crippen LogP contribution in [0.2, 0.25) is 0 Å². The molecule has 4 rings (SSSR count). The molecule has 158 valence electrons. The van der Waals surface area contributed by atoms with Gasteiger partial charge < -0.3 is 15.5 Å². The highest BCUT2D eigenvalue weighted by Crippen LogP contribution is 2.28. The van der Waals surface area contributed by atoms with E-state index >= 15 is 0 Å². The van der Waals surface area contributed by atoms with Crippen molar-refractivity contribution in [2.24, 2.45) is 0 Å². The summed E-state index contributed by atoms with van der Waals surface area (Å²) in [7, 11) is 0. The van der Waals surface area contributed by atoms with Crippen LogP contribution in [0.4, 0.5) is 21.6 Å². The van der Waals surface area contributed by atoms with Gasteiger partial charge in [0.1, 0.15) is 17.2 Å². The van der Waals surface area contributed by atoms with Crippen LogP contribution in [0.3, 0.4) is 0 Å². The zero-order chi connectivity index (χ0) is 21.3. The van der Waals surface area contributed by atoms with Crippen LogP contribution in [0, 0.1) is 5.82 Å². The Bertz CT molecular complexity index is 1100. The molecular weight excluding hydrogens is 385 g/mol. The van der Waals surface area contributed by atoms with Crippen molar-refractivity contribution in [3.63, 3.8) is 0 Å². The second-order valence-corrected chi connectivity index (χ2v) is 7.86. The maximum absolute atomic E-state index is 14.4. The van der Waals surface area contributed by atoms with E-state index in [9.17, 15) is 9.18 Å². The zero-order valence-corrected chi connectivity index (χ0v) is 16.8. The van der Waals surface area contributed by atoms with Crippen molar-refractivity contribution >= 4 is 23.1 Å². The summed E-state index contributed by atoms with van der Waals surface area (Å²) in [5.41, 5.74) is 10.7. The van der Waals surface area contributed by atoms with Gasteiger partial charge in [-0.05, 0) is 75.4 Å². The number of ether oxygens (including phenoxy) is 1. The first-order valence-electron chi connectivity index (χ1n) is 9.47. The number of pyridine rings is 1. The van der Waals surface area contributed by atoms with Crippen LogP contribution in [-0.4, -0.2) is 16.5 Å². The van der Waals surface area contributed by atoms with Crippen molar-refractivity contribution in [1.29, 1.82) is 0 Å². The molecule has 0 unspecified atom stereocenters. The molecule has 8 heteroatoms. The predicted octanol–water partition coefficient (Wildman–Crippen LogP) is 5.07. The summed E-state index contributed by atoms with van der Waals surface area (Å²) in [5.74, 6) is 0.169. The molecule has 0 fully saturated rings. The number of hydrogen-bond acceptors (Lipinski definition) is 6. The SMILES string of the molecule is CC(C)(C)Oc1ccc(NC(=O)c2cc(-c3ccc4c(n3)NNN4)ccc2F)cc1.[HH].[HH]. The number of nitrogens with one attached hydrogen (secondary N) is 4. The minimum absolute atomic E-state index is 0. The van der Waals surface area contributed by atoms with Crippen LogP contribution in [-0.2, 0) is 0 Å². The summed E-state index contributed by atoms with van der Waals surface area (Å²) in [6.45, 7) is 5.87. The van der Waals surface area contributed by atoms with E-state index in [4.69, 9.17) is 4.74 Å². The zero-order valence-electron chi connectivity index (χ0n) is 16.8. The van der Waals surface area contributed by atoms with Gasteiger partial charge in [-0.1, -0.05) is 0 Å². The summed E-state index contributed by atoms with van der Waals surface area (Å²) in [6, 6.07) is 14.9. The molecule has 1 amide bonds. The molecule has 0 aliphatic carbocycles. The van der Waals surface area contributed by atoms with E-state index in [0.29, 0.717) is 28.5 Å². The summed E-state index contributed by atoms with van der Waals surface area (Å²) in [6.07, 6.45) is 0. The Kier molecular flexibility index (Phi) is 5.01. The normalized spacial score (nSPS) is 12.5. The Hall–Kier alpha value is -3.65. The van der Waals surface area contributed by atoms with Gasteiger partial charge in [0.15, 0.2) is 5.82 Å². The molecule has 30 heavy (non-hydrogen) atoms. The first-order chi connectivity index (χ1) is 14.3. The minimum atomic E-state index is -0.605. The largest absolute Gasteiger partial charge is 0.488 e. The van der Waals surface area contributed by atoms with Gasteiger partial charge >= 0.3 is 0 Å². The van der Waals surface area contributed by atoms with Gasteiger partial charge in [-0.2, -0.15) is 0 Å². The fourth-order valence-electron chi connectivity index (χ4n) is 2.99. The Morgan fingerprint density at radius 1 is 1.07 bits per heavy atom. The lowest BCUT2D eigenvalue weighted by Gasteiger charge is -2.21. The molecule has 0 bridgehead atoms. The van der Waals surface area contributed by atoms with E-state index < -0.39 is 11.7 Å². The van der Waals surface area contributed by atoms with E-state index in [-0.39, 0.29) is 14.0 Å². The molecule has 0 saturated heterocycles. The third-order valence-corrected chi connectivity index (χ3v) is 4.32. The van der Waals surface area contributed by atoms with Gasteiger partial charge in [0, 0.05) is 14.1 Å². The summed E-state index contributed by atoms with van der Waals surface area (Å²) >= 11 is 0. The monoisotopic (exact) mass is 411 g/mol. The van der Waals surface area contributed by atoms with E-state index in [0.717, 1.165) is 5.69 Å². The quantitative estimate of drug-likeness (QED) is 0.480. The van der Waals surface area contributed by atoms with Crippen LogP contribution in [0.25, 0.3) is 11.3 Å². The number of hydrogen-bond donors (Lipinski definition) is 4. The second-order valence-electron chi connectivity index (χ2n) is 7.86. The molecule has 4 N–H and O–H groups in total. The van der Waals surface area contributed by atoms with Gasteiger partial charge in [-0.25, -0.2) is 9.37 Å². The van der Waals surface area contributed by atoms with Gasteiger partial charge in [0.25, 0.3) is 5.91 Å². The van der Waals surface area contributed by atoms with E-state index in [1.165, 1.54) is 12.1 Å². The Balaban J connectivity index is 0.00000181. The number of nitrogens with zero attached hydrogens (tertiary/aromatic N) is 1. The molecule has 2 heterocycles. The van der Waals surface area contributed by atoms with Gasteiger partial charge in [-0.3, -0.25) is 10.2 Å². The third kappa shape index (κ3) is 4.33. The van der Waals surface area contributed by atoms with E-state index in [2.05, 4.69) is 26.7 Å². The Morgan fingerprint density at radius 3 is 2.57 bits per heavy atom. The van der Waals surface area contributed by atoms with Crippen LogP contribution in [0.5, 0.6) is 5.75 Å². The molecule has 0 saturated carbocycles. The maximum atomic E-state index is 14.4. The minimum Gasteiger partial charge on any atom is -0.488 e. The van der Waals surface area contributed by atoms with E-state index in [1.54, 1.807) is 36.4 Å². The van der Waals surface area contributed by atoms with Gasteiger partial charge in [-0.15, -0.1) is 5.53 Å². The van der Waals surface area contributed by atoms with Crippen molar-refractivity contribution < 1.29 is 16.8 Å². The van der Waals surface area contributed by atoms with Crippen LogP contribution in [0.1, 0.15) is 34.0 Å². The lowest BCUT2D eigenvalue weighted by atomic mass is 10.1. The number of rotatable bonds is 4. The van der Waals surface area contributed by atoms with Crippen molar-refractivity contribution in [1.82, 2.24) is 10.5 Å². The lowest BCUT2D eigenvalue weighted by molar-refractivity contribution is 0.102. The summed E-state index contributed by atoms with van der Waals surface area (Å²) < 4.78 is 20.1. The lowest BCUT2D eigenvalue weighted by Crippen LogP contribution is -2.22. The number of aromatic nitrogens is 1. The number of halogens is 1. The number of benzene rings is 2. The number of carbonyl (C=O) groups is 1. The second kappa shape index (κ2) is 7.64.